The summed E-state index contributed by atoms with van der Waals surface area (Å²) in [5, 5.41) is 6.21. The summed E-state index contributed by atoms with van der Waals surface area (Å²) in [6.45, 7) is 5.24. The number of nitrogens with zero attached hydrogens (tertiary/aromatic N) is 2. The molecule has 0 spiro atoms. The number of likely N-dealkylation sites (N-methyl/N-ethyl adjacent to an activating group) is 1. The number of anilines is 1. The lowest BCUT2D eigenvalue weighted by atomic mass is 10.0. The van der Waals surface area contributed by atoms with E-state index in [4.69, 9.17) is 0 Å². The number of carbonyl (C=O) groups excluding carboxylic acids is 1. The molecule has 0 aliphatic rings. The predicted octanol–water partition coefficient (Wildman–Crippen LogP) is 2.53. The minimum Gasteiger partial charge on any atom is -0.368 e. The second kappa shape index (κ2) is 8.45. The molecular weight excluding hydrogens is 300 g/mol. The highest BCUT2D eigenvalue weighted by Crippen LogP contribution is 2.19. The molecule has 1 aromatic carbocycles. The smallest absolute Gasteiger partial charge is 0.242 e. The summed E-state index contributed by atoms with van der Waals surface area (Å²) in [5.74, 6) is 0.830. The molecule has 1 atom stereocenters. The second-order valence-electron chi connectivity index (χ2n) is 6.22. The zero-order valence-corrected chi connectivity index (χ0v) is 14.8. The van der Waals surface area contributed by atoms with E-state index in [2.05, 4.69) is 21.7 Å². The fourth-order valence-electron chi connectivity index (χ4n) is 2.63. The summed E-state index contributed by atoms with van der Waals surface area (Å²) in [5.41, 5.74) is 3.31. The van der Waals surface area contributed by atoms with Gasteiger partial charge in [-0.2, -0.15) is 0 Å². The van der Waals surface area contributed by atoms with E-state index in [0.29, 0.717) is 13.1 Å². The van der Waals surface area contributed by atoms with Gasteiger partial charge in [0.25, 0.3) is 0 Å². The number of rotatable bonds is 7. The molecule has 1 aromatic heterocycles. The molecule has 128 valence electrons. The Hall–Kier alpha value is -2.40. The first-order valence-electron chi connectivity index (χ1n) is 8.14. The van der Waals surface area contributed by atoms with Crippen LogP contribution in [0.25, 0.3) is 0 Å². The van der Waals surface area contributed by atoms with Crippen LogP contribution >= 0.6 is 0 Å². The Morgan fingerprint density at radius 3 is 2.54 bits per heavy atom. The molecular formula is C19H26N4O. The molecule has 0 radical (unpaired) electrons. The molecule has 2 aromatic rings. The number of benzene rings is 1. The van der Waals surface area contributed by atoms with Crippen LogP contribution in [-0.4, -0.2) is 43.0 Å². The lowest BCUT2D eigenvalue weighted by Crippen LogP contribution is -2.39. The number of pyridine rings is 1. The number of amides is 1. The molecule has 0 aliphatic carbocycles. The number of hydrogen-bond acceptors (Lipinski definition) is 4. The number of carbonyl (C=O) groups is 1. The highest BCUT2D eigenvalue weighted by atomic mass is 16.2. The molecule has 2 rings (SSSR count). The summed E-state index contributed by atoms with van der Waals surface area (Å²) in [6, 6.07) is 11.7. The molecule has 0 saturated heterocycles. The van der Waals surface area contributed by atoms with Crippen LogP contribution in [0.4, 0.5) is 5.82 Å². The lowest BCUT2D eigenvalue weighted by Gasteiger charge is -2.24. The summed E-state index contributed by atoms with van der Waals surface area (Å²) in [6.07, 6.45) is 1.77. The van der Waals surface area contributed by atoms with Gasteiger partial charge in [-0.15, -0.1) is 0 Å². The standard InChI is InChI=1S/C19H26N4O/c1-14-6-5-7-16(12-14)18(23(3)4)19(24)22-11-10-21-17-13-15(2)8-9-20-17/h5-9,12-13,18H,10-11H2,1-4H3,(H,20,21)(H,22,24). The summed E-state index contributed by atoms with van der Waals surface area (Å²) in [4.78, 5) is 18.7. The van der Waals surface area contributed by atoms with Gasteiger partial charge >= 0.3 is 0 Å². The Bertz CT molecular complexity index is 685. The molecule has 1 heterocycles. The van der Waals surface area contributed by atoms with Crippen molar-refractivity contribution >= 4 is 11.7 Å². The van der Waals surface area contributed by atoms with Crippen LogP contribution in [0, 0.1) is 13.8 Å². The summed E-state index contributed by atoms with van der Waals surface area (Å²) in [7, 11) is 3.84. The van der Waals surface area contributed by atoms with Crippen molar-refractivity contribution in [3.05, 3.63) is 59.3 Å². The van der Waals surface area contributed by atoms with Crippen LogP contribution in [0.2, 0.25) is 0 Å². The second-order valence-corrected chi connectivity index (χ2v) is 6.22. The third-order valence-electron chi connectivity index (χ3n) is 3.77. The van der Waals surface area contributed by atoms with Crippen molar-refractivity contribution in [2.75, 3.05) is 32.5 Å². The maximum Gasteiger partial charge on any atom is 0.242 e. The van der Waals surface area contributed by atoms with Crippen molar-refractivity contribution in [3.8, 4) is 0 Å². The minimum absolute atomic E-state index is 0.00426. The molecule has 2 N–H and O–H groups in total. The normalized spacial score (nSPS) is 12.0. The van der Waals surface area contributed by atoms with Crippen molar-refractivity contribution in [2.24, 2.45) is 0 Å². The first kappa shape index (κ1) is 17.9. The van der Waals surface area contributed by atoms with Gasteiger partial charge in [-0.1, -0.05) is 29.8 Å². The van der Waals surface area contributed by atoms with Crippen LogP contribution in [0.3, 0.4) is 0 Å². The monoisotopic (exact) mass is 326 g/mol. The molecule has 1 unspecified atom stereocenters. The zero-order chi connectivity index (χ0) is 17.5. The van der Waals surface area contributed by atoms with E-state index in [-0.39, 0.29) is 11.9 Å². The molecule has 0 fully saturated rings. The fourth-order valence-corrected chi connectivity index (χ4v) is 2.63. The fraction of sp³-hybridized carbons (Fsp3) is 0.368. The number of hydrogen-bond donors (Lipinski definition) is 2. The Kier molecular flexibility index (Phi) is 6.32. The third kappa shape index (κ3) is 5.06. The highest BCUT2D eigenvalue weighted by molar-refractivity contribution is 5.83. The van der Waals surface area contributed by atoms with Gasteiger partial charge in [-0.25, -0.2) is 4.98 Å². The van der Waals surface area contributed by atoms with Gasteiger partial charge in [-0.3, -0.25) is 9.69 Å². The van der Waals surface area contributed by atoms with E-state index >= 15 is 0 Å². The van der Waals surface area contributed by atoms with Crippen LogP contribution < -0.4 is 10.6 Å². The maximum atomic E-state index is 12.6. The van der Waals surface area contributed by atoms with Gasteiger partial charge < -0.3 is 10.6 Å². The number of nitrogens with one attached hydrogen (secondary N) is 2. The Morgan fingerprint density at radius 2 is 1.88 bits per heavy atom. The van der Waals surface area contributed by atoms with Crippen LogP contribution in [0.5, 0.6) is 0 Å². The van der Waals surface area contributed by atoms with E-state index in [0.717, 1.165) is 22.5 Å². The quantitative estimate of drug-likeness (QED) is 0.768. The van der Waals surface area contributed by atoms with Gasteiger partial charge in [0.2, 0.25) is 5.91 Å². The first-order valence-corrected chi connectivity index (χ1v) is 8.14. The van der Waals surface area contributed by atoms with Crippen molar-refractivity contribution in [2.45, 2.75) is 19.9 Å². The van der Waals surface area contributed by atoms with Gasteiger partial charge in [0, 0.05) is 19.3 Å². The van der Waals surface area contributed by atoms with Crippen molar-refractivity contribution < 1.29 is 4.79 Å². The van der Waals surface area contributed by atoms with Gasteiger partial charge in [0.05, 0.1) is 0 Å². The third-order valence-corrected chi connectivity index (χ3v) is 3.77. The van der Waals surface area contributed by atoms with Crippen LogP contribution in [-0.2, 0) is 4.79 Å². The number of aryl methyl sites for hydroxylation is 2. The first-order chi connectivity index (χ1) is 11.5. The number of aromatic nitrogens is 1. The van der Waals surface area contributed by atoms with Crippen molar-refractivity contribution in [1.82, 2.24) is 15.2 Å². The van der Waals surface area contributed by atoms with E-state index in [1.165, 1.54) is 0 Å². The van der Waals surface area contributed by atoms with Gasteiger partial charge in [-0.05, 0) is 51.2 Å². The van der Waals surface area contributed by atoms with Crippen molar-refractivity contribution in [1.29, 1.82) is 0 Å². The predicted molar refractivity (Wildman–Crippen MR) is 98.1 cm³/mol. The van der Waals surface area contributed by atoms with Gasteiger partial charge in [0.1, 0.15) is 11.9 Å². The largest absolute Gasteiger partial charge is 0.368 e. The lowest BCUT2D eigenvalue weighted by molar-refractivity contribution is -0.125. The van der Waals surface area contributed by atoms with E-state index in [9.17, 15) is 4.79 Å². The van der Waals surface area contributed by atoms with Crippen LogP contribution in [0.15, 0.2) is 42.6 Å². The van der Waals surface area contributed by atoms with E-state index in [1.54, 1.807) is 6.20 Å². The molecule has 0 aliphatic heterocycles. The average molecular weight is 326 g/mol. The van der Waals surface area contributed by atoms with E-state index < -0.39 is 0 Å². The van der Waals surface area contributed by atoms with Gasteiger partial charge in [0.15, 0.2) is 0 Å². The molecule has 0 bridgehead atoms. The summed E-state index contributed by atoms with van der Waals surface area (Å²) >= 11 is 0. The Labute approximate surface area is 144 Å². The molecule has 0 saturated carbocycles. The van der Waals surface area contributed by atoms with Crippen molar-refractivity contribution in [3.63, 3.8) is 0 Å². The summed E-state index contributed by atoms with van der Waals surface area (Å²) < 4.78 is 0. The average Bonchev–Trinajstić information content (AvgIpc) is 2.51. The zero-order valence-electron chi connectivity index (χ0n) is 14.8. The SMILES string of the molecule is Cc1cccc(C(C(=O)NCCNc2cc(C)ccn2)N(C)C)c1. The highest BCUT2D eigenvalue weighted by Gasteiger charge is 2.22. The Morgan fingerprint density at radius 1 is 1.12 bits per heavy atom. The molecule has 1 amide bonds. The topological polar surface area (TPSA) is 57.3 Å². The van der Waals surface area contributed by atoms with Crippen LogP contribution in [0.1, 0.15) is 22.7 Å². The molecule has 5 heteroatoms. The maximum absolute atomic E-state index is 12.6. The Balaban J connectivity index is 1.89. The molecule has 5 nitrogen and oxygen atoms in total. The molecule has 24 heavy (non-hydrogen) atoms. The van der Waals surface area contributed by atoms with E-state index in [1.807, 2.05) is 63.2 Å². The minimum atomic E-state index is -0.290.